The third-order valence-electron chi connectivity index (χ3n) is 5.58. The second-order valence-corrected chi connectivity index (χ2v) is 8.31. The molecule has 12 nitrogen and oxygen atoms in total. The first kappa shape index (κ1) is 27.1. The number of hydrogen-bond acceptors (Lipinski definition) is 10. The Morgan fingerprint density at radius 2 is 1.45 bits per heavy atom. The number of carbonyl (C=O) groups is 4. The zero-order valence-electron chi connectivity index (χ0n) is 20.4. The molecule has 1 amide bonds. The number of esters is 1. The van der Waals surface area contributed by atoms with E-state index in [0.29, 0.717) is 6.42 Å². The Morgan fingerprint density at radius 3 is 2.10 bits per heavy atom. The van der Waals surface area contributed by atoms with Crippen LogP contribution in [0, 0.1) is 0 Å². The number of carboxylic acid groups (broad SMARTS) is 1. The number of hydrogen-bond donors (Lipinski definition) is 6. The average molecular weight is 544 g/mol. The molecule has 0 saturated carbocycles. The van der Waals surface area contributed by atoms with Gasteiger partial charge in [-0.15, -0.1) is 0 Å². The van der Waals surface area contributed by atoms with E-state index < -0.39 is 52.0 Å². The molecular weight excluding hydrogens is 524 g/mol. The highest BCUT2D eigenvalue weighted by molar-refractivity contribution is 6.14. The molecule has 0 radical (unpaired) electrons. The largest absolute Gasteiger partial charge is 0.508 e. The lowest BCUT2D eigenvalue weighted by molar-refractivity contribution is 0.0627. The topological polar surface area (TPSA) is 203 Å². The van der Waals surface area contributed by atoms with Crippen LogP contribution in [0.1, 0.15) is 53.4 Å². The molecule has 6 N–H and O–H groups in total. The van der Waals surface area contributed by atoms with E-state index in [4.69, 9.17) is 9.84 Å². The number of aliphatic imine (C=N–C) groups is 1. The molecule has 1 aliphatic rings. The minimum Gasteiger partial charge on any atom is -0.508 e. The molecule has 0 bridgehead atoms. The van der Waals surface area contributed by atoms with Crippen LogP contribution in [0.3, 0.4) is 0 Å². The Kier molecular flexibility index (Phi) is 7.62. The minimum absolute atomic E-state index is 0.0342. The molecule has 1 aliphatic heterocycles. The second-order valence-electron chi connectivity index (χ2n) is 8.31. The van der Waals surface area contributed by atoms with Gasteiger partial charge in [0.2, 0.25) is 5.78 Å². The fourth-order valence-corrected chi connectivity index (χ4v) is 3.61. The smallest absolute Gasteiger partial charge is 0.343 e. The van der Waals surface area contributed by atoms with Crippen LogP contribution in [0.4, 0.5) is 0 Å². The number of amides is 1. The maximum Gasteiger partial charge on any atom is 0.343 e. The van der Waals surface area contributed by atoms with Crippen LogP contribution < -0.4 is 5.32 Å². The molecule has 4 rings (SSSR count). The van der Waals surface area contributed by atoms with Crippen LogP contribution in [0.15, 0.2) is 83.3 Å². The number of benzene rings is 3. The Morgan fingerprint density at radius 1 is 0.800 bits per heavy atom. The van der Waals surface area contributed by atoms with Crippen molar-refractivity contribution in [1.29, 1.82) is 0 Å². The normalized spacial score (nSPS) is 12.5. The van der Waals surface area contributed by atoms with Crippen LogP contribution >= 0.6 is 0 Å². The van der Waals surface area contributed by atoms with Gasteiger partial charge in [0.05, 0.1) is 5.56 Å². The number of ketones is 1. The van der Waals surface area contributed by atoms with Gasteiger partial charge in [0.15, 0.2) is 11.6 Å². The van der Waals surface area contributed by atoms with E-state index in [9.17, 15) is 39.6 Å². The maximum absolute atomic E-state index is 12.9. The number of rotatable bonds is 7. The number of nitrogens with zero attached hydrogens (tertiary/aromatic N) is 1. The van der Waals surface area contributed by atoms with Gasteiger partial charge in [0.25, 0.3) is 5.91 Å². The highest BCUT2D eigenvalue weighted by Gasteiger charge is 2.24. The number of allylic oxidation sites excluding steroid dienone is 2. The molecule has 0 aliphatic carbocycles. The number of carbonyl (C=O) groups excluding carboxylic acids is 3. The van der Waals surface area contributed by atoms with Crippen LogP contribution in [0.25, 0.3) is 0 Å². The van der Waals surface area contributed by atoms with Crippen molar-refractivity contribution in [3.63, 3.8) is 0 Å². The van der Waals surface area contributed by atoms with Crippen molar-refractivity contribution in [3.05, 3.63) is 106 Å². The zero-order chi connectivity index (χ0) is 29.0. The Balaban J connectivity index is 1.60. The lowest BCUT2D eigenvalue weighted by Gasteiger charge is -2.12. The van der Waals surface area contributed by atoms with Gasteiger partial charge in [-0.25, -0.2) is 14.6 Å². The third kappa shape index (κ3) is 5.81. The Hall–Kier alpha value is -5.91. The summed E-state index contributed by atoms with van der Waals surface area (Å²) in [5, 5.41) is 51.7. The predicted molar refractivity (Wildman–Crippen MR) is 139 cm³/mol. The lowest BCUT2D eigenvalue weighted by Crippen LogP contribution is -2.24. The summed E-state index contributed by atoms with van der Waals surface area (Å²) in [4.78, 5) is 53.8. The molecule has 3 aromatic carbocycles. The fourth-order valence-electron chi connectivity index (χ4n) is 3.61. The fraction of sp³-hybridized carbons (Fsp3) is 0.0357. The third-order valence-corrected chi connectivity index (χ3v) is 5.58. The van der Waals surface area contributed by atoms with Gasteiger partial charge < -0.3 is 35.6 Å². The first-order chi connectivity index (χ1) is 19.0. The molecule has 1 heterocycles. The number of aromatic hydroxyl groups is 4. The lowest BCUT2D eigenvalue weighted by atomic mass is 9.98. The SMILES string of the molecule is O=C(NC1=C(OC(=O)c2cc(O)c(C(=O)c3ccc(O)c(C(=O)O)c3)c(O)c2)C=CCC=N1)c1ccc(O)cc1. The van der Waals surface area contributed by atoms with Gasteiger partial charge in [-0.3, -0.25) is 9.59 Å². The minimum atomic E-state index is -1.50. The summed E-state index contributed by atoms with van der Waals surface area (Å²) in [7, 11) is 0. The van der Waals surface area contributed by atoms with Crippen LogP contribution in [-0.4, -0.2) is 55.4 Å². The van der Waals surface area contributed by atoms with Gasteiger partial charge >= 0.3 is 11.9 Å². The van der Waals surface area contributed by atoms with Crippen molar-refractivity contribution in [2.75, 3.05) is 0 Å². The molecule has 12 heteroatoms. The van der Waals surface area contributed by atoms with Crippen molar-refractivity contribution in [2.45, 2.75) is 6.42 Å². The van der Waals surface area contributed by atoms with Crippen LogP contribution in [0.5, 0.6) is 23.0 Å². The molecule has 0 atom stereocenters. The molecular formula is C28H20N2O10. The highest BCUT2D eigenvalue weighted by Crippen LogP contribution is 2.33. The number of phenols is 4. The summed E-state index contributed by atoms with van der Waals surface area (Å²) in [6, 6.07) is 10.1. The average Bonchev–Trinajstić information content (AvgIpc) is 3.13. The van der Waals surface area contributed by atoms with E-state index >= 15 is 0 Å². The van der Waals surface area contributed by atoms with Gasteiger partial charge in [-0.1, -0.05) is 6.08 Å². The van der Waals surface area contributed by atoms with Gasteiger partial charge in [-0.2, -0.15) is 0 Å². The van der Waals surface area contributed by atoms with Crippen molar-refractivity contribution >= 4 is 29.8 Å². The number of nitrogens with one attached hydrogen (secondary N) is 1. The summed E-state index contributed by atoms with van der Waals surface area (Å²) in [6.07, 6.45) is 4.81. The molecule has 0 unspecified atom stereocenters. The molecule has 0 spiro atoms. The van der Waals surface area contributed by atoms with Gasteiger partial charge in [-0.05, 0) is 60.7 Å². The van der Waals surface area contributed by atoms with Crippen LogP contribution in [0.2, 0.25) is 0 Å². The number of aromatic carboxylic acids is 1. The summed E-state index contributed by atoms with van der Waals surface area (Å²) in [6.45, 7) is 0. The van der Waals surface area contributed by atoms with Crippen molar-refractivity contribution < 1.29 is 49.4 Å². The quantitative estimate of drug-likeness (QED) is 0.189. The van der Waals surface area contributed by atoms with Crippen molar-refractivity contribution in [1.82, 2.24) is 5.32 Å². The summed E-state index contributed by atoms with van der Waals surface area (Å²) < 4.78 is 5.36. The van der Waals surface area contributed by atoms with E-state index in [1.54, 1.807) is 6.08 Å². The predicted octanol–water partition coefficient (Wildman–Crippen LogP) is 3.22. The van der Waals surface area contributed by atoms with E-state index in [0.717, 1.165) is 30.3 Å². The molecule has 3 aromatic rings. The Bertz CT molecular complexity index is 1610. The molecule has 202 valence electrons. The molecule has 40 heavy (non-hydrogen) atoms. The number of ether oxygens (including phenoxy) is 1. The van der Waals surface area contributed by atoms with Gasteiger partial charge in [0.1, 0.15) is 34.1 Å². The van der Waals surface area contributed by atoms with Crippen molar-refractivity contribution in [3.8, 4) is 23.0 Å². The molecule has 0 aromatic heterocycles. The standard InChI is InChI=1S/C28H20N2O10/c31-17-7-4-14(5-8-17)26(36)30-25-22(3-1-2-10-29-25)40-28(39)16-12-20(33)23(21(34)13-16)24(35)15-6-9-19(32)18(11-15)27(37)38/h1,3-13,31-34H,2H2,(H,30,36)(H,37,38). The first-order valence-corrected chi connectivity index (χ1v) is 11.5. The second kappa shape index (κ2) is 11.2. The van der Waals surface area contributed by atoms with E-state index in [2.05, 4.69) is 10.3 Å². The van der Waals surface area contributed by atoms with E-state index in [1.165, 1.54) is 36.6 Å². The van der Waals surface area contributed by atoms with E-state index in [-0.39, 0.29) is 34.0 Å². The van der Waals surface area contributed by atoms with Gasteiger partial charge in [0, 0.05) is 23.8 Å². The summed E-state index contributed by atoms with van der Waals surface area (Å²) in [5.41, 5.74) is -1.60. The summed E-state index contributed by atoms with van der Waals surface area (Å²) >= 11 is 0. The van der Waals surface area contributed by atoms with E-state index in [1.807, 2.05) is 0 Å². The number of carboxylic acids is 1. The molecule has 0 fully saturated rings. The highest BCUT2D eigenvalue weighted by atomic mass is 16.5. The maximum atomic E-state index is 12.9. The Labute approximate surface area is 225 Å². The van der Waals surface area contributed by atoms with Crippen molar-refractivity contribution in [2.24, 2.45) is 4.99 Å². The number of phenolic OH excluding ortho intramolecular Hbond substituents is 3. The summed E-state index contributed by atoms with van der Waals surface area (Å²) in [5.74, 6) is -6.63. The van der Waals surface area contributed by atoms with Crippen LogP contribution in [-0.2, 0) is 4.74 Å². The first-order valence-electron chi connectivity index (χ1n) is 11.5. The zero-order valence-corrected chi connectivity index (χ0v) is 20.4. The monoisotopic (exact) mass is 544 g/mol. The molecule has 0 saturated heterocycles.